The van der Waals surface area contributed by atoms with E-state index in [1.54, 1.807) is 0 Å². The van der Waals surface area contributed by atoms with Gasteiger partial charge < -0.3 is 15.4 Å². The summed E-state index contributed by atoms with van der Waals surface area (Å²) in [5, 5.41) is 7.04. The van der Waals surface area contributed by atoms with Gasteiger partial charge in [0.15, 0.2) is 5.96 Å². The lowest BCUT2D eigenvalue weighted by Crippen LogP contribution is -2.46. The molecule has 0 radical (unpaired) electrons. The second-order valence-electron chi connectivity index (χ2n) is 6.55. The SMILES string of the molecule is CCCC1CC1NC(=NC)NC1CCC(C(=O)OCC)CC1. The van der Waals surface area contributed by atoms with Crippen LogP contribution in [0.3, 0.4) is 0 Å². The Bertz CT molecular complexity index is 389. The van der Waals surface area contributed by atoms with Crippen LogP contribution < -0.4 is 10.6 Å². The molecule has 0 aliphatic heterocycles. The first-order valence-corrected chi connectivity index (χ1v) is 8.84. The Hall–Kier alpha value is -1.26. The summed E-state index contributed by atoms with van der Waals surface area (Å²) in [6, 6.07) is 1.02. The van der Waals surface area contributed by atoms with Crippen molar-refractivity contribution in [2.45, 2.75) is 70.9 Å². The lowest BCUT2D eigenvalue weighted by Gasteiger charge is -2.29. The Morgan fingerprint density at radius 1 is 1.18 bits per heavy atom. The quantitative estimate of drug-likeness (QED) is 0.449. The predicted molar refractivity (Wildman–Crippen MR) is 88.8 cm³/mol. The van der Waals surface area contributed by atoms with E-state index in [1.807, 2.05) is 14.0 Å². The molecule has 2 aliphatic rings. The highest BCUT2D eigenvalue weighted by Crippen LogP contribution is 2.34. The van der Waals surface area contributed by atoms with Gasteiger partial charge in [-0.05, 0) is 51.4 Å². The molecule has 2 fully saturated rings. The van der Waals surface area contributed by atoms with Crippen molar-refractivity contribution in [2.75, 3.05) is 13.7 Å². The second kappa shape index (κ2) is 8.39. The molecule has 0 aromatic rings. The molecule has 126 valence electrons. The molecule has 0 amide bonds. The van der Waals surface area contributed by atoms with Gasteiger partial charge in [-0.1, -0.05) is 13.3 Å². The van der Waals surface area contributed by atoms with Crippen LogP contribution in [-0.4, -0.2) is 37.7 Å². The highest BCUT2D eigenvalue weighted by molar-refractivity contribution is 5.80. The molecule has 2 aliphatic carbocycles. The number of nitrogens with one attached hydrogen (secondary N) is 2. The highest BCUT2D eigenvalue weighted by atomic mass is 16.5. The second-order valence-corrected chi connectivity index (χ2v) is 6.55. The van der Waals surface area contributed by atoms with Crippen LogP contribution in [0, 0.1) is 11.8 Å². The topological polar surface area (TPSA) is 62.7 Å². The van der Waals surface area contributed by atoms with Crippen LogP contribution in [0.5, 0.6) is 0 Å². The molecule has 0 bridgehead atoms. The third kappa shape index (κ3) is 4.89. The normalized spacial score (nSPS) is 31.5. The van der Waals surface area contributed by atoms with Crippen LogP contribution in [0.15, 0.2) is 4.99 Å². The largest absolute Gasteiger partial charge is 0.466 e. The summed E-state index contributed by atoms with van der Waals surface area (Å²) >= 11 is 0. The van der Waals surface area contributed by atoms with Crippen molar-refractivity contribution >= 4 is 11.9 Å². The molecule has 2 rings (SSSR count). The first kappa shape index (κ1) is 17.1. The van der Waals surface area contributed by atoms with Gasteiger partial charge in [-0.2, -0.15) is 0 Å². The Morgan fingerprint density at radius 2 is 1.91 bits per heavy atom. The van der Waals surface area contributed by atoms with E-state index >= 15 is 0 Å². The molecular formula is C17H31N3O2. The van der Waals surface area contributed by atoms with Gasteiger partial charge in [0.25, 0.3) is 0 Å². The number of nitrogens with zero attached hydrogens (tertiary/aromatic N) is 1. The molecule has 2 N–H and O–H groups in total. The molecule has 22 heavy (non-hydrogen) atoms. The van der Waals surface area contributed by atoms with Crippen molar-refractivity contribution in [3.63, 3.8) is 0 Å². The standard InChI is InChI=1S/C17H31N3O2/c1-4-6-13-11-15(13)20-17(18-3)19-14-9-7-12(8-10-14)16(21)22-5-2/h12-15H,4-11H2,1-3H3,(H2,18,19,20). The van der Waals surface area contributed by atoms with Gasteiger partial charge in [-0.15, -0.1) is 0 Å². The number of hydrogen-bond acceptors (Lipinski definition) is 3. The molecule has 0 heterocycles. The molecule has 0 saturated heterocycles. The Kier molecular flexibility index (Phi) is 6.52. The lowest BCUT2D eigenvalue weighted by molar-refractivity contribution is -0.149. The Balaban J connectivity index is 1.69. The van der Waals surface area contributed by atoms with E-state index < -0.39 is 0 Å². The van der Waals surface area contributed by atoms with E-state index in [1.165, 1.54) is 19.3 Å². The van der Waals surface area contributed by atoms with E-state index in [-0.39, 0.29) is 11.9 Å². The zero-order valence-corrected chi connectivity index (χ0v) is 14.2. The summed E-state index contributed by atoms with van der Waals surface area (Å²) in [4.78, 5) is 16.1. The molecule has 0 aromatic carbocycles. The van der Waals surface area contributed by atoms with Crippen molar-refractivity contribution in [1.82, 2.24) is 10.6 Å². The van der Waals surface area contributed by atoms with Crippen molar-refractivity contribution in [2.24, 2.45) is 16.8 Å². The number of aliphatic imine (C=N–C) groups is 1. The average molecular weight is 309 g/mol. The molecule has 0 aromatic heterocycles. The molecule has 2 saturated carbocycles. The minimum Gasteiger partial charge on any atom is -0.466 e. The smallest absolute Gasteiger partial charge is 0.308 e. The van der Waals surface area contributed by atoms with E-state index in [2.05, 4.69) is 22.5 Å². The maximum atomic E-state index is 11.8. The highest BCUT2D eigenvalue weighted by Gasteiger charge is 2.37. The minimum absolute atomic E-state index is 0.0242. The van der Waals surface area contributed by atoms with Gasteiger partial charge in [0.1, 0.15) is 0 Å². The number of rotatable bonds is 6. The van der Waals surface area contributed by atoms with Gasteiger partial charge in [-0.3, -0.25) is 9.79 Å². The van der Waals surface area contributed by atoms with Crippen LogP contribution in [0.2, 0.25) is 0 Å². The van der Waals surface area contributed by atoms with Gasteiger partial charge >= 0.3 is 5.97 Å². The molecule has 2 atom stereocenters. The fourth-order valence-corrected chi connectivity index (χ4v) is 3.39. The number of carbonyl (C=O) groups is 1. The third-order valence-electron chi connectivity index (χ3n) is 4.82. The van der Waals surface area contributed by atoms with E-state index in [9.17, 15) is 4.79 Å². The number of carbonyl (C=O) groups excluding carboxylic acids is 1. The molecule has 5 heteroatoms. The van der Waals surface area contributed by atoms with Crippen LogP contribution in [0.4, 0.5) is 0 Å². The third-order valence-corrected chi connectivity index (χ3v) is 4.82. The van der Waals surface area contributed by atoms with Gasteiger partial charge in [0, 0.05) is 19.1 Å². The summed E-state index contributed by atoms with van der Waals surface area (Å²) in [6.07, 6.45) is 7.67. The molecule has 2 unspecified atom stereocenters. The van der Waals surface area contributed by atoms with Crippen molar-refractivity contribution in [3.8, 4) is 0 Å². The lowest BCUT2D eigenvalue weighted by atomic mass is 9.86. The van der Waals surface area contributed by atoms with Crippen LogP contribution in [0.25, 0.3) is 0 Å². The van der Waals surface area contributed by atoms with Crippen molar-refractivity contribution < 1.29 is 9.53 Å². The van der Waals surface area contributed by atoms with Crippen LogP contribution in [-0.2, 0) is 9.53 Å². The van der Waals surface area contributed by atoms with Gasteiger partial charge in [0.2, 0.25) is 0 Å². The van der Waals surface area contributed by atoms with Gasteiger partial charge in [0.05, 0.1) is 12.5 Å². The van der Waals surface area contributed by atoms with Crippen molar-refractivity contribution in [3.05, 3.63) is 0 Å². The summed E-state index contributed by atoms with van der Waals surface area (Å²) in [6.45, 7) is 4.59. The zero-order chi connectivity index (χ0) is 15.9. The van der Waals surface area contributed by atoms with Crippen LogP contribution in [0.1, 0.15) is 58.8 Å². The molecule has 0 spiro atoms. The van der Waals surface area contributed by atoms with Crippen LogP contribution >= 0.6 is 0 Å². The molecule has 5 nitrogen and oxygen atoms in total. The minimum atomic E-state index is -0.0242. The fourth-order valence-electron chi connectivity index (χ4n) is 3.39. The maximum Gasteiger partial charge on any atom is 0.308 e. The van der Waals surface area contributed by atoms with E-state index in [0.717, 1.165) is 37.6 Å². The monoisotopic (exact) mass is 309 g/mol. The van der Waals surface area contributed by atoms with Crippen molar-refractivity contribution in [1.29, 1.82) is 0 Å². The average Bonchev–Trinajstić information content (AvgIpc) is 3.25. The fraction of sp³-hybridized carbons (Fsp3) is 0.882. The van der Waals surface area contributed by atoms with E-state index in [0.29, 0.717) is 18.7 Å². The Labute approximate surface area is 134 Å². The summed E-state index contributed by atoms with van der Waals surface area (Å²) in [7, 11) is 1.83. The summed E-state index contributed by atoms with van der Waals surface area (Å²) in [5.74, 6) is 1.81. The number of esters is 1. The zero-order valence-electron chi connectivity index (χ0n) is 14.2. The van der Waals surface area contributed by atoms with Gasteiger partial charge in [-0.25, -0.2) is 0 Å². The number of guanidine groups is 1. The number of hydrogen-bond donors (Lipinski definition) is 2. The first-order valence-electron chi connectivity index (χ1n) is 8.84. The molecular weight excluding hydrogens is 278 g/mol. The first-order chi connectivity index (χ1) is 10.7. The predicted octanol–water partition coefficient (Wildman–Crippen LogP) is 2.46. The maximum absolute atomic E-state index is 11.8. The van der Waals surface area contributed by atoms with E-state index in [4.69, 9.17) is 4.74 Å². The summed E-state index contributed by atoms with van der Waals surface area (Å²) in [5.41, 5.74) is 0. The summed E-state index contributed by atoms with van der Waals surface area (Å²) < 4.78 is 5.12. The number of ether oxygens (including phenoxy) is 1. The Morgan fingerprint density at radius 3 is 2.50 bits per heavy atom.